The second-order valence-electron chi connectivity index (χ2n) is 5.94. The zero-order chi connectivity index (χ0) is 17.6. The van der Waals surface area contributed by atoms with Gasteiger partial charge in [-0.25, -0.2) is 4.79 Å². The van der Waals surface area contributed by atoms with Crippen molar-refractivity contribution in [1.29, 1.82) is 0 Å². The molecular formula is C19H19NO4S. The summed E-state index contributed by atoms with van der Waals surface area (Å²) >= 11 is 1.45. The molecule has 5 nitrogen and oxygen atoms in total. The van der Waals surface area contributed by atoms with Crippen LogP contribution in [0.5, 0.6) is 0 Å². The third-order valence-corrected chi connectivity index (χ3v) is 5.29. The Labute approximate surface area is 150 Å². The number of nitrogens with one attached hydrogen (secondary N) is 1. The van der Waals surface area contributed by atoms with Gasteiger partial charge in [0.05, 0.1) is 0 Å². The maximum Gasteiger partial charge on any atom is 0.348 e. The van der Waals surface area contributed by atoms with Gasteiger partial charge in [-0.05, 0) is 49.4 Å². The number of hydrogen-bond acceptors (Lipinski definition) is 5. The van der Waals surface area contributed by atoms with E-state index >= 15 is 0 Å². The Morgan fingerprint density at radius 2 is 1.80 bits per heavy atom. The van der Waals surface area contributed by atoms with E-state index in [0.717, 1.165) is 25.7 Å². The van der Waals surface area contributed by atoms with Crippen molar-refractivity contribution in [3.05, 3.63) is 57.3 Å². The fourth-order valence-corrected chi connectivity index (χ4v) is 3.94. The summed E-state index contributed by atoms with van der Waals surface area (Å²) in [4.78, 5) is 37.6. The predicted octanol–water partition coefficient (Wildman–Crippen LogP) is 3.13. The van der Waals surface area contributed by atoms with E-state index in [1.165, 1.54) is 28.2 Å². The number of hydrogen-bond donors (Lipinski definition) is 1. The van der Waals surface area contributed by atoms with Crippen LogP contribution < -0.4 is 5.32 Å². The molecule has 3 rings (SSSR count). The molecule has 1 heterocycles. The molecule has 0 fully saturated rings. The summed E-state index contributed by atoms with van der Waals surface area (Å²) in [6, 6.07) is 10.3. The Kier molecular flexibility index (Phi) is 5.60. The van der Waals surface area contributed by atoms with E-state index in [1.54, 1.807) is 30.3 Å². The van der Waals surface area contributed by atoms with Crippen LogP contribution in [-0.4, -0.2) is 24.4 Å². The van der Waals surface area contributed by atoms with Crippen molar-refractivity contribution < 1.29 is 19.1 Å². The molecular weight excluding hydrogens is 338 g/mol. The van der Waals surface area contributed by atoms with E-state index < -0.39 is 24.4 Å². The van der Waals surface area contributed by atoms with Crippen LogP contribution in [0, 0.1) is 0 Å². The highest BCUT2D eigenvalue weighted by Gasteiger charge is 2.19. The summed E-state index contributed by atoms with van der Waals surface area (Å²) < 4.78 is 5.04. The Hall–Kier alpha value is -2.47. The number of carbonyl (C=O) groups excluding carboxylic acids is 3. The van der Waals surface area contributed by atoms with E-state index in [0.29, 0.717) is 10.4 Å². The van der Waals surface area contributed by atoms with Crippen LogP contribution in [0.25, 0.3) is 0 Å². The van der Waals surface area contributed by atoms with Crippen molar-refractivity contribution in [2.24, 2.45) is 0 Å². The first kappa shape index (κ1) is 17.4. The molecule has 6 heteroatoms. The molecule has 130 valence electrons. The zero-order valence-corrected chi connectivity index (χ0v) is 14.6. The normalized spacial score (nSPS) is 13.4. The average molecular weight is 357 g/mol. The highest BCUT2D eigenvalue weighted by Crippen LogP contribution is 2.29. The van der Waals surface area contributed by atoms with Gasteiger partial charge < -0.3 is 4.74 Å². The zero-order valence-electron chi connectivity index (χ0n) is 13.7. The number of rotatable bonds is 4. The van der Waals surface area contributed by atoms with Crippen LogP contribution >= 0.6 is 11.3 Å². The monoisotopic (exact) mass is 357 g/mol. The SMILES string of the molecule is O=C(COC(=O)c1cc2c(s1)CCCCC2)NC(=O)c1ccccc1. The van der Waals surface area contributed by atoms with Crippen molar-refractivity contribution in [3.63, 3.8) is 0 Å². The lowest BCUT2D eigenvalue weighted by Crippen LogP contribution is -2.34. The van der Waals surface area contributed by atoms with E-state index in [1.807, 2.05) is 6.07 Å². The Bertz CT molecular complexity index is 758. The molecule has 0 spiro atoms. The summed E-state index contributed by atoms with van der Waals surface area (Å²) in [6.07, 6.45) is 5.50. The Balaban J connectivity index is 1.52. The number of fused-ring (bicyclic) bond motifs is 1. The van der Waals surface area contributed by atoms with Gasteiger partial charge >= 0.3 is 5.97 Å². The fraction of sp³-hybridized carbons (Fsp3) is 0.316. The molecule has 1 aliphatic rings. The number of carbonyl (C=O) groups is 3. The molecule has 0 bridgehead atoms. The van der Waals surface area contributed by atoms with Crippen LogP contribution in [-0.2, 0) is 22.4 Å². The minimum Gasteiger partial charge on any atom is -0.451 e. The summed E-state index contributed by atoms with van der Waals surface area (Å²) in [7, 11) is 0. The number of benzene rings is 1. The lowest BCUT2D eigenvalue weighted by Gasteiger charge is -2.05. The lowest BCUT2D eigenvalue weighted by atomic mass is 10.1. The van der Waals surface area contributed by atoms with Gasteiger partial charge in [0.25, 0.3) is 11.8 Å². The summed E-state index contributed by atoms with van der Waals surface area (Å²) in [5.74, 6) is -1.66. The molecule has 1 aliphatic carbocycles. The van der Waals surface area contributed by atoms with Crippen molar-refractivity contribution in [1.82, 2.24) is 5.32 Å². The van der Waals surface area contributed by atoms with Gasteiger partial charge in [-0.15, -0.1) is 11.3 Å². The van der Waals surface area contributed by atoms with Crippen molar-refractivity contribution in [2.45, 2.75) is 32.1 Å². The molecule has 0 unspecified atom stereocenters. The lowest BCUT2D eigenvalue weighted by molar-refractivity contribution is -0.123. The van der Waals surface area contributed by atoms with Gasteiger partial charge in [-0.3, -0.25) is 14.9 Å². The smallest absolute Gasteiger partial charge is 0.348 e. The third-order valence-electron chi connectivity index (χ3n) is 4.07. The molecule has 1 N–H and O–H groups in total. The van der Waals surface area contributed by atoms with Gasteiger partial charge in [0.1, 0.15) is 4.88 Å². The van der Waals surface area contributed by atoms with Gasteiger partial charge in [0, 0.05) is 10.4 Å². The third kappa shape index (κ3) is 4.54. The van der Waals surface area contributed by atoms with Crippen LogP contribution in [0.4, 0.5) is 0 Å². The van der Waals surface area contributed by atoms with Gasteiger partial charge in [-0.1, -0.05) is 24.6 Å². The molecule has 2 aromatic rings. The molecule has 0 aliphatic heterocycles. The van der Waals surface area contributed by atoms with Gasteiger partial charge in [0.15, 0.2) is 6.61 Å². The largest absolute Gasteiger partial charge is 0.451 e. The molecule has 2 amide bonds. The van der Waals surface area contributed by atoms with E-state index in [2.05, 4.69) is 5.32 Å². The Morgan fingerprint density at radius 3 is 2.60 bits per heavy atom. The average Bonchev–Trinajstić information content (AvgIpc) is 2.91. The molecule has 0 atom stereocenters. The summed E-state index contributed by atoms with van der Waals surface area (Å²) in [6.45, 7) is -0.472. The molecule has 0 saturated carbocycles. The first-order valence-corrected chi connectivity index (χ1v) is 9.13. The number of ether oxygens (including phenoxy) is 1. The summed E-state index contributed by atoms with van der Waals surface area (Å²) in [5, 5.41) is 2.21. The fourth-order valence-electron chi connectivity index (χ4n) is 2.79. The van der Waals surface area contributed by atoms with Crippen LogP contribution in [0.2, 0.25) is 0 Å². The van der Waals surface area contributed by atoms with Crippen molar-refractivity contribution in [2.75, 3.05) is 6.61 Å². The summed E-state index contributed by atoms with van der Waals surface area (Å²) in [5.41, 5.74) is 1.60. The van der Waals surface area contributed by atoms with Crippen LogP contribution in [0.1, 0.15) is 49.7 Å². The molecule has 0 radical (unpaired) electrons. The van der Waals surface area contributed by atoms with Gasteiger partial charge in [0.2, 0.25) is 0 Å². The van der Waals surface area contributed by atoms with Gasteiger partial charge in [-0.2, -0.15) is 0 Å². The van der Waals surface area contributed by atoms with E-state index in [-0.39, 0.29) is 0 Å². The number of aryl methyl sites for hydroxylation is 2. The number of amides is 2. The highest BCUT2D eigenvalue weighted by molar-refractivity contribution is 7.14. The maximum atomic E-state index is 12.1. The van der Waals surface area contributed by atoms with E-state index in [9.17, 15) is 14.4 Å². The van der Waals surface area contributed by atoms with Crippen molar-refractivity contribution >= 4 is 29.1 Å². The number of thiophene rings is 1. The van der Waals surface area contributed by atoms with Crippen LogP contribution in [0.3, 0.4) is 0 Å². The molecule has 1 aromatic heterocycles. The molecule has 25 heavy (non-hydrogen) atoms. The molecule has 1 aromatic carbocycles. The second kappa shape index (κ2) is 8.07. The second-order valence-corrected chi connectivity index (χ2v) is 7.08. The quantitative estimate of drug-likeness (QED) is 0.674. The molecule has 0 saturated heterocycles. The number of imide groups is 1. The topological polar surface area (TPSA) is 72.5 Å². The van der Waals surface area contributed by atoms with Crippen LogP contribution in [0.15, 0.2) is 36.4 Å². The Morgan fingerprint density at radius 1 is 1.04 bits per heavy atom. The van der Waals surface area contributed by atoms with Crippen molar-refractivity contribution in [3.8, 4) is 0 Å². The minimum absolute atomic E-state index is 0.379. The first-order valence-electron chi connectivity index (χ1n) is 8.31. The maximum absolute atomic E-state index is 12.1. The highest BCUT2D eigenvalue weighted by atomic mass is 32.1. The predicted molar refractivity (Wildman–Crippen MR) is 94.8 cm³/mol. The first-order chi connectivity index (χ1) is 12.1. The number of esters is 1. The van der Waals surface area contributed by atoms with E-state index in [4.69, 9.17) is 4.74 Å². The standard InChI is InChI=1S/C19H19NO4S/c21-17(20-18(22)13-7-3-1-4-8-13)12-24-19(23)16-11-14-9-5-2-6-10-15(14)25-16/h1,3-4,7-8,11H,2,5-6,9-10,12H2,(H,20,21,22). The minimum atomic E-state index is -0.639.